The lowest BCUT2D eigenvalue weighted by atomic mass is 10.2. The summed E-state index contributed by atoms with van der Waals surface area (Å²) in [6, 6.07) is 8.51. The van der Waals surface area contributed by atoms with E-state index in [1.807, 2.05) is 30.3 Å². The summed E-state index contributed by atoms with van der Waals surface area (Å²) in [6.45, 7) is -0.464. The van der Waals surface area contributed by atoms with Crippen LogP contribution in [0, 0.1) is 0 Å². The lowest BCUT2D eigenvalue weighted by molar-refractivity contribution is -0.118. The zero-order valence-corrected chi connectivity index (χ0v) is 11.1. The Balaban J connectivity index is 1.66. The molecule has 0 bridgehead atoms. The predicted octanol–water partition coefficient (Wildman–Crippen LogP) is 1.81. The van der Waals surface area contributed by atoms with Gasteiger partial charge in [-0.2, -0.15) is 5.10 Å². The van der Waals surface area contributed by atoms with Crippen LogP contribution >= 0.6 is 0 Å². The van der Waals surface area contributed by atoms with Gasteiger partial charge in [0, 0.05) is 6.42 Å². The van der Waals surface area contributed by atoms with E-state index in [4.69, 9.17) is 0 Å². The van der Waals surface area contributed by atoms with Gasteiger partial charge in [0.15, 0.2) is 0 Å². The van der Waals surface area contributed by atoms with E-state index in [0.717, 1.165) is 5.69 Å². The summed E-state index contributed by atoms with van der Waals surface area (Å²) in [6.07, 6.45) is 2.64. The van der Waals surface area contributed by atoms with Crippen molar-refractivity contribution in [2.24, 2.45) is 0 Å². The number of para-hydroxylation sites is 1. The molecule has 0 saturated carbocycles. The molecule has 5 nitrogen and oxygen atoms in total. The smallest absolute Gasteiger partial charge is 0.262 e. The maximum atomic E-state index is 13.1. The number of benzene rings is 1. The van der Waals surface area contributed by atoms with Gasteiger partial charge in [0.1, 0.15) is 0 Å². The molecule has 110 valence electrons. The van der Waals surface area contributed by atoms with Gasteiger partial charge in [0.2, 0.25) is 5.91 Å². The maximum Gasteiger partial charge on any atom is 0.262 e. The van der Waals surface area contributed by atoms with Crippen molar-refractivity contribution in [2.75, 3.05) is 11.9 Å². The summed E-state index contributed by atoms with van der Waals surface area (Å²) in [4.78, 5) is 11.9. The monoisotopic (exact) mass is 292 g/mol. The number of hydrogen-bond donors (Lipinski definition) is 2. The number of amides is 1. The van der Waals surface area contributed by atoms with Gasteiger partial charge in [-0.15, -0.1) is 0 Å². The highest BCUT2D eigenvalue weighted by molar-refractivity contribution is 5.94. The molecule has 1 fully saturated rings. The van der Waals surface area contributed by atoms with Crippen molar-refractivity contribution in [3.8, 4) is 5.69 Å². The van der Waals surface area contributed by atoms with E-state index in [-0.39, 0.29) is 0 Å². The van der Waals surface area contributed by atoms with E-state index < -0.39 is 30.8 Å². The molecule has 1 amide bonds. The molecular weight excluding hydrogens is 278 g/mol. The molecular formula is C14H14F2N4O. The average molecular weight is 292 g/mol. The topological polar surface area (TPSA) is 59.0 Å². The Bertz CT molecular complexity index is 641. The summed E-state index contributed by atoms with van der Waals surface area (Å²) < 4.78 is 27.7. The third-order valence-electron chi connectivity index (χ3n) is 3.30. The van der Waals surface area contributed by atoms with E-state index in [1.54, 1.807) is 10.9 Å². The highest BCUT2D eigenvalue weighted by Gasteiger charge is 2.42. The van der Waals surface area contributed by atoms with Crippen LogP contribution in [-0.4, -0.2) is 34.2 Å². The van der Waals surface area contributed by atoms with Gasteiger partial charge in [-0.3, -0.25) is 10.1 Å². The summed E-state index contributed by atoms with van der Waals surface area (Å²) in [7, 11) is 0. The zero-order valence-electron chi connectivity index (χ0n) is 11.1. The van der Waals surface area contributed by atoms with Gasteiger partial charge < -0.3 is 5.32 Å². The third-order valence-corrected chi connectivity index (χ3v) is 3.30. The van der Waals surface area contributed by atoms with Gasteiger partial charge >= 0.3 is 0 Å². The van der Waals surface area contributed by atoms with Gasteiger partial charge in [0.25, 0.3) is 5.92 Å². The van der Waals surface area contributed by atoms with Crippen LogP contribution in [0.3, 0.4) is 0 Å². The molecule has 3 rings (SSSR count). The molecule has 2 heterocycles. The summed E-state index contributed by atoms with van der Waals surface area (Å²) >= 11 is 0. The lowest BCUT2D eigenvalue weighted by Crippen LogP contribution is -2.35. The molecule has 0 radical (unpaired) electrons. The minimum absolute atomic E-state index is 0.464. The van der Waals surface area contributed by atoms with Crippen LogP contribution in [0.1, 0.15) is 6.42 Å². The highest BCUT2D eigenvalue weighted by atomic mass is 19.3. The molecule has 1 aromatic carbocycles. The molecule has 1 atom stereocenters. The fourth-order valence-corrected chi connectivity index (χ4v) is 2.24. The Kier molecular flexibility index (Phi) is 3.42. The average Bonchev–Trinajstić information content (AvgIpc) is 3.06. The number of hydrogen-bond acceptors (Lipinski definition) is 3. The van der Waals surface area contributed by atoms with E-state index in [2.05, 4.69) is 15.7 Å². The number of anilines is 1. The Morgan fingerprint density at radius 1 is 1.38 bits per heavy atom. The van der Waals surface area contributed by atoms with Crippen molar-refractivity contribution in [3.05, 3.63) is 42.7 Å². The van der Waals surface area contributed by atoms with Gasteiger partial charge in [0.05, 0.1) is 36.4 Å². The van der Waals surface area contributed by atoms with E-state index >= 15 is 0 Å². The Hall–Kier alpha value is -2.28. The predicted molar refractivity (Wildman–Crippen MR) is 73.5 cm³/mol. The van der Waals surface area contributed by atoms with Crippen molar-refractivity contribution in [1.82, 2.24) is 15.1 Å². The van der Waals surface area contributed by atoms with Crippen molar-refractivity contribution >= 4 is 11.6 Å². The first kappa shape index (κ1) is 13.7. The molecule has 1 aliphatic rings. The highest BCUT2D eigenvalue weighted by Crippen LogP contribution is 2.25. The molecule has 2 N–H and O–H groups in total. The number of carbonyl (C=O) groups is 1. The number of rotatable bonds is 3. The molecule has 1 aliphatic heterocycles. The summed E-state index contributed by atoms with van der Waals surface area (Å²) in [5.41, 5.74) is 1.32. The lowest BCUT2D eigenvalue weighted by Gasteiger charge is -2.09. The molecule has 0 spiro atoms. The Labute approximate surface area is 120 Å². The quantitative estimate of drug-likeness (QED) is 0.907. The van der Waals surface area contributed by atoms with E-state index in [0.29, 0.717) is 5.69 Å². The van der Waals surface area contributed by atoms with E-state index in [1.165, 1.54) is 6.20 Å². The first-order valence-electron chi connectivity index (χ1n) is 6.56. The molecule has 1 aromatic heterocycles. The number of halogens is 2. The largest absolute Gasteiger partial charge is 0.322 e. The molecule has 1 unspecified atom stereocenters. The number of nitrogens with zero attached hydrogens (tertiary/aromatic N) is 2. The third kappa shape index (κ3) is 3.08. The number of alkyl halides is 2. The first-order valence-corrected chi connectivity index (χ1v) is 6.56. The minimum atomic E-state index is -2.82. The fourth-order valence-electron chi connectivity index (χ4n) is 2.24. The molecule has 21 heavy (non-hydrogen) atoms. The maximum absolute atomic E-state index is 13.1. The van der Waals surface area contributed by atoms with E-state index in [9.17, 15) is 13.6 Å². The number of nitrogens with one attached hydrogen (secondary N) is 2. The number of aromatic nitrogens is 2. The zero-order chi connectivity index (χ0) is 14.9. The van der Waals surface area contributed by atoms with Gasteiger partial charge in [-0.1, -0.05) is 18.2 Å². The summed E-state index contributed by atoms with van der Waals surface area (Å²) in [5, 5.41) is 9.24. The molecule has 0 aliphatic carbocycles. The normalized spacial score (nSPS) is 20.4. The van der Waals surface area contributed by atoms with Crippen molar-refractivity contribution in [2.45, 2.75) is 18.4 Å². The minimum Gasteiger partial charge on any atom is -0.322 e. The summed E-state index contributed by atoms with van der Waals surface area (Å²) in [5.74, 6) is -3.30. The van der Waals surface area contributed by atoms with Crippen LogP contribution in [0.15, 0.2) is 42.7 Å². The Morgan fingerprint density at radius 2 is 2.14 bits per heavy atom. The second-order valence-corrected chi connectivity index (χ2v) is 4.99. The molecule has 1 saturated heterocycles. The fraction of sp³-hybridized carbons (Fsp3) is 0.286. The van der Waals surface area contributed by atoms with Crippen LogP contribution in [0.2, 0.25) is 0 Å². The van der Waals surface area contributed by atoms with Crippen LogP contribution in [0.5, 0.6) is 0 Å². The number of carbonyl (C=O) groups excluding carboxylic acids is 1. The van der Waals surface area contributed by atoms with Crippen molar-refractivity contribution < 1.29 is 13.6 Å². The SMILES string of the molecule is O=C(Nc1cnn(-c2ccccc2)c1)C1CC(F)(F)CN1. The standard InChI is InChI=1S/C14H14F2N4O/c15-14(16)6-12(17-9-14)13(21)19-10-7-18-20(8-10)11-4-2-1-3-5-11/h1-5,7-8,12,17H,6,9H2,(H,19,21). The Morgan fingerprint density at radius 3 is 2.81 bits per heavy atom. The van der Waals surface area contributed by atoms with Crippen LogP contribution in [-0.2, 0) is 4.79 Å². The van der Waals surface area contributed by atoms with Gasteiger partial charge in [-0.25, -0.2) is 13.5 Å². The van der Waals surface area contributed by atoms with Crippen LogP contribution < -0.4 is 10.6 Å². The molecule has 7 heteroatoms. The second kappa shape index (κ2) is 5.25. The van der Waals surface area contributed by atoms with Crippen molar-refractivity contribution in [1.29, 1.82) is 0 Å². The van der Waals surface area contributed by atoms with Gasteiger partial charge in [-0.05, 0) is 12.1 Å². The first-order chi connectivity index (χ1) is 10.0. The van der Waals surface area contributed by atoms with Crippen molar-refractivity contribution in [3.63, 3.8) is 0 Å². The molecule has 2 aromatic rings. The second-order valence-electron chi connectivity index (χ2n) is 4.99. The van der Waals surface area contributed by atoms with Crippen LogP contribution in [0.4, 0.5) is 14.5 Å². The van der Waals surface area contributed by atoms with Crippen LogP contribution in [0.25, 0.3) is 5.69 Å².